The quantitative estimate of drug-likeness (QED) is 0.786. The van der Waals surface area contributed by atoms with Gasteiger partial charge >= 0.3 is 0 Å². The summed E-state index contributed by atoms with van der Waals surface area (Å²) in [4.78, 5) is 4.28. The number of nitrogens with one attached hydrogen (secondary N) is 1. The zero-order valence-corrected chi connectivity index (χ0v) is 9.28. The molecule has 0 amide bonds. The summed E-state index contributed by atoms with van der Waals surface area (Å²) in [5.74, 6) is 0.544. The average Bonchev–Trinajstić information content (AvgIpc) is 2.43. The van der Waals surface area contributed by atoms with E-state index in [0.29, 0.717) is 12.0 Å². The molecule has 0 bridgehead atoms. The van der Waals surface area contributed by atoms with Gasteiger partial charge in [0, 0.05) is 13.1 Å². The number of nitrogens with two attached hydrogens (primary N) is 1. The van der Waals surface area contributed by atoms with Gasteiger partial charge in [-0.3, -0.25) is 0 Å². The summed E-state index contributed by atoms with van der Waals surface area (Å²) in [5.41, 5.74) is 8.84. The number of nitrogen functional groups attached to an aromatic ring is 1. The summed E-state index contributed by atoms with van der Waals surface area (Å²) < 4.78 is 1.90. The minimum Gasteiger partial charge on any atom is -0.381 e. The zero-order valence-electron chi connectivity index (χ0n) is 9.28. The summed E-state index contributed by atoms with van der Waals surface area (Å²) in [6, 6.07) is 6.40. The number of aryl methyl sites for hydroxylation is 1. The number of hydrogen-bond donors (Lipinski definition) is 2. The second kappa shape index (κ2) is 3.46. The van der Waals surface area contributed by atoms with E-state index in [1.807, 2.05) is 29.8 Å². The van der Waals surface area contributed by atoms with Crippen molar-refractivity contribution in [2.75, 3.05) is 11.1 Å². The molecule has 3 N–H and O–H groups in total. The topological polar surface area (TPSA) is 55.9 Å². The molecule has 4 heteroatoms. The van der Waals surface area contributed by atoms with Crippen LogP contribution in [0.4, 0.5) is 11.6 Å². The van der Waals surface area contributed by atoms with Crippen molar-refractivity contribution in [2.45, 2.75) is 19.9 Å². The molecule has 0 radical (unpaired) electrons. The van der Waals surface area contributed by atoms with Crippen LogP contribution in [0.2, 0.25) is 0 Å². The van der Waals surface area contributed by atoms with Crippen molar-refractivity contribution in [1.29, 1.82) is 0 Å². The van der Waals surface area contributed by atoms with Crippen LogP contribution in [0.3, 0.4) is 0 Å². The number of hydrogen-bond acceptors (Lipinski definition) is 3. The van der Waals surface area contributed by atoms with Crippen LogP contribution >= 0.6 is 0 Å². The molecule has 2 rings (SSSR count). The lowest BCUT2D eigenvalue weighted by Crippen LogP contribution is -2.10. The van der Waals surface area contributed by atoms with Crippen LogP contribution in [-0.2, 0) is 7.05 Å². The first-order valence-electron chi connectivity index (χ1n) is 5.07. The van der Waals surface area contributed by atoms with Gasteiger partial charge < -0.3 is 15.6 Å². The van der Waals surface area contributed by atoms with E-state index in [4.69, 9.17) is 5.73 Å². The predicted molar refractivity (Wildman–Crippen MR) is 63.9 cm³/mol. The number of imidazole rings is 1. The van der Waals surface area contributed by atoms with Crippen molar-refractivity contribution < 1.29 is 0 Å². The lowest BCUT2D eigenvalue weighted by molar-refractivity contribution is 0.896. The van der Waals surface area contributed by atoms with Crippen molar-refractivity contribution in [1.82, 2.24) is 9.55 Å². The summed E-state index contributed by atoms with van der Waals surface area (Å²) in [6.45, 7) is 4.22. The largest absolute Gasteiger partial charge is 0.381 e. The summed E-state index contributed by atoms with van der Waals surface area (Å²) >= 11 is 0. The average molecular weight is 204 g/mol. The highest BCUT2D eigenvalue weighted by Gasteiger charge is 2.09. The molecule has 4 nitrogen and oxygen atoms in total. The Morgan fingerprint density at radius 1 is 1.40 bits per heavy atom. The third-order valence-electron chi connectivity index (χ3n) is 2.37. The highest BCUT2D eigenvalue weighted by atomic mass is 15.1. The Bertz CT molecular complexity index is 485. The minimum absolute atomic E-state index is 0.395. The Hall–Kier alpha value is -1.71. The van der Waals surface area contributed by atoms with E-state index in [-0.39, 0.29) is 0 Å². The molecule has 1 aromatic carbocycles. The Morgan fingerprint density at radius 2 is 2.13 bits per heavy atom. The van der Waals surface area contributed by atoms with E-state index >= 15 is 0 Å². The number of nitrogens with zero attached hydrogens (tertiary/aromatic N) is 2. The molecule has 0 atom stereocenters. The van der Waals surface area contributed by atoms with Crippen molar-refractivity contribution in [3.63, 3.8) is 0 Å². The Labute approximate surface area is 89.1 Å². The van der Waals surface area contributed by atoms with Crippen molar-refractivity contribution >= 4 is 22.7 Å². The lowest BCUT2D eigenvalue weighted by Gasteiger charge is -2.11. The second-order valence-electron chi connectivity index (χ2n) is 4.00. The Balaban J connectivity index is 2.63. The van der Waals surface area contributed by atoms with Crippen LogP contribution in [0.1, 0.15) is 13.8 Å². The Kier molecular flexibility index (Phi) is 2.26. The monoisotopic (exact) mass is 204 g/mol. The molecule has 0 spiro atoms. The van der Waals surface area contributed by atoms with Gasteiger partial charge in [0.25, 0.3) is 0 Å². The smallest absolute Gasteiger partial charge is 0.200 e. The first-order valence-corrected chi connectivity index (χ1v) is 5.07. The molecule has 0 saturated heterocycles. The van der Waals surface area contributed by atoms with Crippen LogP contribution in [0, 0.1) is 0 Å². The van der Waals surface area contributed by atoms with Crippen molar-refractivity contribution in [3.8, 4) is 0 Å². The highest BCUT2D eigenvalue weighted by Crippen LogP contribution is 2.24. The van der Waals surface area contributed by atoms with Gasteiger partial charge in [-0.25, -0.2) is 4.98 Å². The molecule has 0 aliphatic rings. The Morgan fingerprint density at radius 3 is 2.80 bits per heavy atom. The molecule has 0 fully saturated rings. The van der Waals surface area contributed by atoms with Gasteiger partial charge in [0.1, 0.15) is 0 Å². The molecular formula is C11H16N4. The zero-order chi connectivity index (χ0) is 11.0. The van der Waals surface area contributed by atoms with Gasteiger partial charge in [-0.15, -0.1) is 0 Å². The van der Waals surface area contributed by atoms with Crippen LogP contribution in [-0.4, -0.2) is 15.6 Å². The minimum atomic E-state index is 0.395. The second-order valence-corrected chi connectivity index (χ2v) is 4.00. The van der Waals surface area contributed by atoms with E-state index in [1.54, 1.807) is 0 Å². The first-order chi connectivity index (χ1) is 7.09. The summed E-state index contributed by atoms with van der Waals surface area (Å²) in [7, 11) is 1.93. The van der Waals surface area contributed by atoms with Crippen LogP contribution < -0.4 is 11.1 Å². The normalized spacial score (nSPS) is 11.2. The van der Waals surface area contributed by atoms with E-state index in [0.717, 1.165) is 16.7 Å². The summed E-state index contributed by atoms with van der Waals surface area (Å²) in [5, 5.41) is 3.39. The number of aromatic nitrogens is 2. The van der Waals surface area contributed by atoms with E-state index < -0.39 is 0 Å². The number of fused-ring (bicyclic) bond motifs is 1. The maximum atomic E-state index is 5.78. The molecule has 0 unspecified atom stereocenters. The fourth-order valence-electron chi connectivity index (χ4n) is 1.71. The molecule has 1 aromatic heterocycles. The number of para-hydroxylation sites is 1. The maximum absolute atomic E-state index is 5.78. The molecule has 0 aliphatic heterocycles. The van der Waals surface area contributed by atoms with E-state index in [2.05, 4.69) is 24.1 Å². The fraction of sp³-hybridized carbons (Fsp3) is 0.364. The van der Waals surface area contributed by atoms with Gasteiger partial charge in [-0.1, -0.05) is 6.07 Å². The van der Waals surface area contributed by atoms with Crippen LogP contribution in [0.5, 0.6) is 0 Å². The molecule has 2 aromatic rings. The molecular weight excluding hydrogens is 188 g/mol. The van der Waals surface area contributed by atoms with E-state index in [9.17, 15) is 0 Å². The SMILES string of the molecule is CC(C)Nc1cccc2nc(N)n(C)c12. The summed E-state index contributed by atoms with van der Waals surface area (Å²) in [6.07, 6.45) is 0. The standard InChI is InChI=1S/C11H16N4/c1-7(2)13-8-5-4-6-9-10(8)15(3)11(12)14-9/h4-7,13H,1-3H3,(H2,12,14). The van der Waals surface area contributed by atoms with Gasteiger partial charge in [-0.05, 0) is 26.0 Å². The number of rotatable bonds is 2. The predicted octanol–water partition coefficient (Wildman–Crippen LogP) is 1.98. The number of benzene rings is 1. The molecule has 80 valence electrons. The van der Waals surface area contributed by atoms with Crippen molar-refractivity contribution in [2.24, 2.45) is 7.05 Å². The molecule has 1 heterocycles. The van der Waals surface area contributed by atoms with Gasteiger partial charge in [0.2, 0.25) is 5.95 Å². The fourth-order valence-corrected chi connectivity index (χ4v) is 1.71. The van der Waals surface area contributed by atoms with Gasteiger partial charge in [0.15, 0.2) is 0 Å². The first kappa shape index (κ1) is 9.83. The van der Waals surface area contributed by atoms with Crippen LogP contribution in [0.25, 0.3) is 11.0 Å². The third-order valence-corrected chi connectivity index (χ3v) is 2.37. The maximum Gasteiger partial charge on any atom is 0.200 e. The van der Waals surface area contributed by atoms with E-state index in [1.165, 1.54) is 0 Å². The molecule has 0 aliphatic carbocycles. The third kappa shape index (κ3) is 1.63. The highest BCUT2D eigenvalue weighted by molar-refractivity contribution is 5.90. The van der Waals surface area contributed by atoms with Crippen molar-refractivity contribution in [3.05, 3.63) is 18.2 Å². The van der Waals surface area contributed by atoms with Gasteiger partial charge in [0.05, 0.1) is 16.7 Å². The lowest BCUT2D eigenvalue weighted by atomic mass is 10.2. The molecule has 0 saturated carbocycles. The van der Waals surface area contributed by atoms with Gasteiger partial charge in [-0.2, -0.15) is 0 Å². The molecule has 15 heavy (non-hydrogen) atoms. The number of anilines is 2. The van der Waals surface area contributed by atoms with Crippen LogP contribution in [0.15, 0.2) is 18.2 Å².